The Labute approximate surface area is 117 Å². The Morgan fingerprint density at radius 2 is 2.18 bits per heavy atom. The summed E-state index contributed by atoms with van der Waals surface area (Å²) in [6.45, 7) is 5.98. The molecule has 96 valence electrons. The van der Waals surface area contributed by atoms with E-state index >= 15 is 0 Å². The Hall–Kier alpha value is 0.1000. The summed E-state index contributed by atoms with van der Waals surface area (Å²) in [4.78, 5) is 4.09. The van der Waals surface area contributed by atoms with Crippen LogP contribution in [0.3, 0.4) is 0 Å². The van der Waals surface area contributed by atoms with Gasteiger partial charge in [-0.2, -0.15) is 0 Å². The number of hydrogen-bond acceptors (Lipinski definition) is 3. The second kappa shape index (κ2) is 6.32. The quantitative estimate of drug-likeness (QED) is 0.914. The lowest BCUT2D eigenvalue weighted by Gasteiger charge is -2.35. The SMILES string of the molecule is CNCC1CCN(C(C)c2ccc(Br)s2)CC1. The highest BCUT2D eigenvalue weighted by Crippen LogP contribution is 2.32. The zero-order valence-corrected chi connectivity index (χ0v) is 13.0. The lowest BCUT2D eigenvalue weighted by molar-refractivity contribution is 0.143. The molecule has 0 amide bonds. The van der Waals surface area contributed by atoms with E-state index in [-0.39, 0.29) is 0 Å². The van der Waals surface area contributed by atoms with Crippen LogP contribution in [0.4, 0.5) is 0 Å². The molecule has 2 nitrogen and oxygen atoms in total. The molecule has 2 rings (SSSR count). The first-order chi connectivity index (χ1) is 8.20. The molecular formula is C13H21BrN2S. The summed E-state index contributed by atoms with van der Waals surface area (Å²) in [5.74, 6) is 0.874. The average molecular weight is 317 g/mol. The number of thiophene rings is 1. The molecule has 0 saturated carbocycles. The molecule has 0 radical (unpaired) electrons. The van der Waals surface area contributed by atoms with Crippen molar-refractivity contribution in [3.8, 4) is 0 Å². The number of piperidine rings is 1. The first kappa shape index (κ1) is 13.5. The van der Waals surface area contributed by atoms with Crippen LogP contribution >= 0.6 is 27.3 Å². The molecule has 0 aromatic carbocycles. The van der Waals surface area contributed by atoms with Gasteiger partial charge in [0.1, 0.15) is 0 Å². The predicted molar refractivity (Wildman–Crippen MR) is 78.7 cm³/mol. The van der Waals surface area contributed by atoms with E-state index in [1.165, 1.54) is 41.1 Å². The number of halogens is 1. The summed E-state index contributed by atoms with van der Waals surface area (Å²) in [6, 6.07) is 4.98. The second-order valence-corrected chi connectivity index (χ2v) is 7.35. The normalized spacial score (nSPS) is 20.6. The van der Waals surface area contributed by atoms with Gasteiger partial charge < -0.3 is 5.32 Å². The van der Waals surface area contributed by atoms with Crippen molar-refractivity contribution >= 4 is 27.3 Å². The molecule has 1 unspecified atom stereocenters. The minimum Gasteiger partial charge on any atom is -0.319 e. The van der Waals surface area contributed by atoms with Crippen LogP contribution in [-0.2, 0) is 0 Å². The van der Waals surface area contributed by atoms with Crippen LogP contribution in [0.25, 0.3) is 0 Å². The van der Waals surface area contributed by atoms with Crippen LogP contribution in [0, 0.1) is 5.92 Å². The van der Waals surface area contributed by atoms with Crippen molar-refractivity contribution < 1.29 is 0 Å². The minimum absolute atomic E-state index is 0.571. The second-order valence-electron chi connectivity index (χ2n) is 4.85. The maximum atomic E-state index is 3.55. The van der Waals surface area contributed by atoms with Crippen LogP contribution < -0.4 is 5.32 Å². The maximum absolute atomic E-state index is 3.55. The number of nitrogens with zero attached hydrogens (tertiary/aromatic N) is 1. The van der Waals surface area contributed by atoms with Crippen molar-refractivity contribution in [1.29, 1.82) is 0 Å². The fraction of sp³-hybridized carbons (Fsp3) is 0.692. The van der Waals surface area contributed by atoms with Crippen LogP contribution in [0.1, 0.15) is 30.7 Å². The zero-order valence-electron chi connectivity index (χ0n) is 10.6. The molecule has 1 N–H and O–H groups in total. The van der Waals surface area contributed by atoms with E-state index in [1.54, 1.807) is 0 Å². The maximum Gasteiger partial charge on any atom is 0.0701 e. The Kier molecular flexibility index (Phi) is 5.03. The van der Waals surface area contributed by atoms with E-state index in [0.29, 0.717) is 6.04 Å². The fourth-order valence-corrected chi connectivity index (χ4v) is 4.08. The molecule has 1 aromatic rings. The van der Waals surface area contributed by atoms with Gasteiger partial charge in [-0.25, -0.2) is 0 Å². The van der Waals surface area contributed by atoms with E-state index in [2.05, 4.69) is 52.3 Å². The third-order valence-electron chi connectivity index (χ3n) is 3.70. The highest BCUT2D eigenvalue weighted by Gasteiger charge is 2.23. The number of hydrogen-bond donors (Lipinski definition) is 1. The molecule has 1 aromatic heterocycles. The van der Waals surface area contributed by atoms with Crippen molar-refractivity contribution in [2.45, 2.75) is 25.8 Å². The van der Waals surface area contributed by atoms with E-state index in [1.807, 2.05) is 11.3 Å². The number of likely N-dealkylation sites (tertiary alicyclic amines) is 1. The molecule has 0 spiro atoms. The van der Waals surface area contributed by atoms with Crippen LogP contribution in [0.5, 0.6) is 0 Å². The van der Waals surface area contributed by atoms with Gasteiger partial charge in [-0.15, -0.1) is 11.3 Å². The zero-order chi connectivity index (χ0) is 12.3. The van der Waals surface area contributed by atoms with E-state index < -0.39 is 0 Å². The summed E-state index contributed by atoms with van der Waals surface area (Å²) in [5.41, 5.74) is 0. The summed E-state index contributed by atoms with van der Waals surface area (Å²) in [7, 11) is 2.05. The molecular weight excluding hydrogens is 296 g/mol. The van der Waals surface area contributed by atoms with Gasteiger partial charge in [0.25, 0.3) is 0 Å². The Balaban J connectivity index is 1.88. The Morgan fingerprint density at radius 1 is 1.47 bits per heavy atom. The van der Waals surface area contributed by atoms with Gasteiger partial charge in [-0.3, -0.25) is 4.90 Å². The number of rotatable bonds is 4. The van der Waals surface area contributed by atoms with E-state index in [4.69, 9.17) is 0 Å². The summed E-state index contributed by atoms with van der Waals surface area (Å²) in [5, 5.41) is 3.29. The summed E-state index contributed by atoms with van der Waals surface area (Å²) >= 11 is 5.41. The Morgan fingerprint density at radius 3 is 2.71 bits per heavy atom. The third-order valence-corrected chi connectivity index (χ3v) is 5.49. The third kappa shape index (κ3) is 3.53. The van der Waals surface area contributed by atoms with Gasteiger partial charge in [0.05, 0.1) is 3.79 Å². The van der Waals surface area contributed by atoms with Crippen molar-refractivity contribution in [2.24, 2.45) is 5.92 Å². The van der Waals surface area contributed by atoms with Crippen molar-refractivity contribution in [2.75, 3.05) is 26.7 Å². The molecule has 2 heterocycles. The van der Waals surface area contributed by atoms with Crippen LogP contribution in [0.15, 0.2) is 15.9 Å². The van der Waals surface area contributed by atoms with Crippen molar-refractivity contribution in [3.05, 3.63) is 20.8 Å². The van der Waals surface area contributed by atoms with E-state index in [0.717, 1.165) is 5.92 Å². The molecule has 1 aliphatic heterocycles. The van der Waals surface area contributed by atoms with Gasteiger partial charge in [0.2, 0.25) is 0 Å². The fourth-order valence-electron chi connectivity index (χ4n) is 2.57. The molecule has 17 heavy (non-hydrogen) atoms. The van der Waals surface area contributed by atoms with Gasteiger partial charge in [0.15, 0.2) is 0 Å². The smallest absolute Gasteiger partial charge is 0.0701 e. The van der Waals surface area contributed by atoms with Gasteiger partial charge in [0, 0.05) is 10.9 Å². The predicted octanol–water partition coefficient (Wildman–Crippen LogP) is 3.50. The standard InChI is InChI=1S/C13H21BrN2S/c1-10(12-3-4-13(14)17-12)16-7-5-11(6-8-16)9-15-2/h3-4,10-11,15H,5-9H2,1-2H3. The molecule has 0 bridgehead atoms. The highest BCUT2D eigenvalue weighted by atomic mass is 79.9. The first-order valence-electron chi connectivity index (χ1n) is 6.34. The van der Waals surface area contributed by atoms with Gasteiger partial charge in [-0.1, -0.05) is 0 Å². The molecule has 1 atom stereocenters. The topological polar surface area (TPSA) is 15.3 Å². The number of nitrogens with one attached hydrogen (secondary N) is 1. The summed E-state index contributed by atoms with van der Waals surface area (Å²) < 4.78 is 1.24. The summed E-state index contributed by atoms with van der Waals surface area (Å²) in [6.07, 6.45) is 2.66. The van der Waals surface area contributed by atoms with Crippen LogP contribution in [0.2, 0.25) is 0 Å². The lowest BCUT2D eigenvalue weighted by Crippen LogP contribution is -2.37. The Bertz CT molecular complexity index is 345. The molecule has 1 aliphatic rings. The lowest BCUT2D eigenvalue weighted by atomic mass is 9.96. The van der Waals surface area contributed by atoms with Crippen molar-refractivity contribution in [1.82, 2.24) is 10.2 Å². The van der Waals surface area contributed by atoms with Gasteiger partial charge >= 0.3 is 0 Å². The largest absolute Gasteiger partial charge is 0.319 e. The first-order valence-corrected chi connectivity index (χ1v) is 7.95. The minimum atomic E-state index is 0.571. The monoisotopic (exact) mass is 316 g/mol. The molecule has 0 aliphatic carbocycles. The highest BCUT2D eigenvalue weighted by molar-refractivity contribution is 9.11. The van der Waals surface area contributed by atoms with Crippen LogP contribution in [-0.4, -0.2) is 31.6 Å². The molecule has 1 saturated heterocycles. The van der Waals surface area contributed by atoms with Crippen molar-refractivity contribution in [3.63, 3.8) is 0 Å². The van der Waals surface area contributed by atoms with Gasteiger partial charge in [-0.05, 0) is 80.4 Å². The van der Waals surface area contributed by atoms with E-state index in [9.17, 15) is 0 Å². The molecule has 1 fully saturated rings. The average Bonchev–Trinajstić information content (AvgIpc) is 2.76. The molecule has 4 heteroatoms.